The molecule has 3 rings (SSSR count). The van der Waals surface area contributed by atoms with Crippen molar-refractivity contribution in [2.75, 3.05) is 0 Å². The molecule has 1 aliphatic rings. The van der Waals surface area contributed by atoms with Gasteiger partial charge in [0.2, 0.25) is 0 Å². The number of hydrogen-bond donors (Lipinski definition) is 0. The molecule has 5 nitrogen and oxygen atoms in total. The fourth-order valence-electron chi connectivity index (χ4n) is 2.67. The molecule has 1 saturated heterocycles. The first-order valence-electron chi connectivity index (χ1n) is 7.56. The zero-order valence-electron chi connectivity index (χ0n) is 13.6. The Kier molecular flexibility index (Phi) is 3.51. The average Bonchev–Trinajstić information content (AvgIpc) is 2.85. The van der Waals surface area contributed by atoms with E-state index in [1.54, 1.807) is 0 Å². The highest BCUT2D eigenvalue weighted by Crippen LogP contribution is 2.26. The predicted octanol–water partition coefficient (Wildman–Crippen LogP) is 3.44. The second-order valence-corrected chi connectivity index (χ2v) is 6.37. The number of fused-ring (bicyclic) bond motifs is 1. The van der Waals surface area contributed by atoms with E-state index in [0.29, 0.717) is 6.04 Å². The number of aromatic nitrogens is 1. The molecule has 2 aromatic rings. The van der Waals surface area contributed by atoms with E-state index < -0.39 is 17.7 Å². The summed E-state index contributed by atoms with van der Waals surface area (Å²) in [5, 5.41) is 1.05. The summed E-state index contributed by atoms with van der Waals surface area (Å²) in [7, 11) is 0. The zero-order chi connectivity index (χ0) is 16.8. The van der Waals surface area contributed by atoms with Gasteiger partial charge in [0.25, 0.3) is 5.79 Å². The minimum absolute atomic E-state index is 0.0908. The molecule has 0 amide bonds. The van der Waals surface area contributed by atoms with Gasteiger partial charge in [0.15, 0.2) is 0 Å². The smallest absolute Gasteiger partial charge is 0.348 e. The van der Waals surface area contributed by atoms with E-state index >= 15 is 0 Å². The van der Waals surface area contributed by atoms with Crippen LogP contribution in [-0.2, 0) is 19.1 Å². The monoisotopic (exact) mass is 313 g/mol. The fourth-order valence-corrected chi connectivity index (χ4v) is 2.67. The van der Waals surface area contributed by atoms with Crippen molar-refractivity contribution in [2.45, 2.75) is 39.5 Å². The minimum atomic E-state index is -1.22. The van der Waals surface area contributed by atoms with E-state index in [-0.39, 0.29) is 5.57 Å². The molecule has 120 valence electrons. The van der Waals surface area contributed by atoms with Crippen LogP contribution in [0, 0.1) is 0 Å². The number of esters is 2. The van der Waals surface area contributed by atoms with E-state index in [1.165, 1.54) is 19.9 Å². The molecule has 0 bridgehead atoms. The van der Waals surface area contributed by atoms with E-state index in [2.05, 4.69) is 18.4 Å². The largest absolute Gasteiger partial charge is 0.419 e. The van der Waals surface area contributed by atoms with Crippen LogP contribution in [0.3, 0.4) is 0 Å². The second kappa shape index (κ2) is 5.26. The average molecular weight is 313 g/mol. The molecule has 0 atom stereocenters. The van der Waals surface area contributed by atoms with Crippen LogP contribution in [-0.4, -0.2) is 22.3 Å². The Morgan fingerprint density at radius 3 is 2.35 bits per heavy atom. The van der Waals surface area contributed by atoms with Crippen LogP contribution < -0.4 is 0 Å². The molecule has 2 heterocycles. The lowest BCUT2D eigenvalue weighted by Gasteiger charge is -2.29. The number of ether oxygens (including phenoxy) is 2. The molecule has 0 saturated carbocycles. The number of cyclic esters (lactones) is 2. The quantitative estimate of drug-likeness (QED) is 0.484. The van der Waals surface area contributed by atoms with Crippen molar-refractivity contribution >= 4 is 28.9 Å². The third kappa shape index (κ3) is 2.86. The molecule has 0 radical (unpaired) electrons. The Morgan fingerprint density at radius 2 is 1.74 bits per heavy atom. The number of rotatable bonds is 2. The summed E-state index contributed by atoms with van der Waals surface area (Å²) in [5.74, 6) is -2.54. The third-order valence-corrected chi connectivity index (χ3v) is 3.73. The molecular weight excluding hydrogens is 294 g/mol. The first-order valence-corrected chi connectivity index (χ1v) is 7.56. The van der Waals surface area contributed by atoms with E-state index in [0.717, 1.165) is 16.5 Å². The van der Waals surface area contributed by atoms with Crippen LogP contribution in [0.25, 0.3) is 17.0 Å². The van der Waals surface area contributed by atoms with Crippen LogP contribution in [0.4, 0.5) is 0 Å². The standard InChI is InChI=1S/C18H19NO4/c1-11(2)19-8-7-13-9-12(5-6-15(13)19)10-14-16(20)22-18(3,4)23-17(14)21/h5-11H,1-4H3. The first-order chi connectivity index (χ1) is 10.8. The lowest BCUT2D eigenvalue weighted by atomic mass is 10.1. The second-order valence-electron chi connectivity index (χ2n) is 6.37. The van der Waals surface area contributed by atoms with Gasteiger partial charge in [-0.25, -0.2) is 9.59 Å². The van der Waals surface area contributed by atoms with Gasteiger partial charge in [-0.2, -0.15) is 0 Å². The number of nitrogens with zero attached hydrogens (tertiary/aromatic N) is 1. The first kappa shape index (κ1) is 15.3. The zero-order valence-corrected chi connectivity index (χ0v) is 13.6. The maximum atomic E-state index is 12.0. The van der Waals surface area contributed by atoms with Gasteiger partial charge >= 0.3 is 11.9 Å². The summed E-state index contributed by atoms with van der Waals surface area (Å²) in [5.41, 5.74) is 1.77. The van der Waals surface area contributed by atoms with Gasteiger partial charge in [-0.3, -0.25) is 0 Å². The van der Waals surface area contributed by atoms with Gasteiger partial charge in [-0.1, -0.05) is 6.07 Å². The van der Waals surface area contributed by atoms with Crippen molar-refractivity contribution in [3.8, 4) is 0 Å². The number of carbonyl (C=O) groups excluding carboxylic acids is 2. The lowest BCUT2D eigenvalue weighted by Crippen LogP contribution is -2.41. The molecule has 23 heavy (non-hydrogen) atoms. The van der Waals surface area contributed by atoms with Crippen molar-refractivity contribution in [1.82, 2.24) is 4.57 Å². The van der Waals surface area contributed by atoms with Gasteiger partial charge in [0.1, 0.15) is 5.57 Å². The molecule has 1 aliphatic heterocycles. The Bertz CT molecular complexity index is 805. The van der Waals surface area contributed by atoms with E-state index in [1.807, 2.05) is 30.5 Å². The topological polar surface area (TPSA) is 57.5 Å². The van der Waals surface area contributed by atoms with Crippen molar-refractivity contribution in [1.29, 1.82) is 0 Å². The van der Waals surface area contributed by atoms with Crippen LogP contribution >= 0.6 is 0 Å². The van der Waals surface area contributed by atoms with Gasteiger partial charge in [0, 0.05) is 37.0 Å². The molecule has 0 spiro atoms. The van der Waals surface area contributed by atoms with Gasteiger partial charge in [-0.05, 0) is 43.7 Å². The summed E-state index contributed by atoms with van der Waals surface area (Å²) in [6, 6.07) is 8.15. The Morgan fingerprint density at radius 1 is 1.09 bits per heavy atom. The molecule has 5 heteroatoms. The Hall–Kier alpha value is -2.56. The minimum Gasteiger partial charge on any atom is -0.419 e. The van der Waals surface area contributed by atoms with Crippen molar-refractivity contribution in [3.63, 3.8) is 0 Å². The highest BCUT2D eigenvalue weighted by atomic mass is 16.7. The molecule has 1 aromatic carbocycles. The molecule has 1 aromatic heterocycles. The van der Waals surface area contributed by atoms with Gasteiger partial charge < -0.3 is 14.0 Å². The Balaban J connectivity index is 1.98. The number of benzene rings is 1. The SMILES string of the molecule is CC(C)n1ccc2cc(C=C3C(=O)OC(C)(C)OC3=O)ccc21. The van der Waals surface area contributed by atoms with Crippen LogP contribution in [0.2, 0.25) is 0 Å². The fraction of sp³-hybridized carbons (Fsp3) is 0.333. The molecule has 1 fully saturated rings. The summed E-state index contributed by atoms with van der Waals surface area (Å²) in [6.07, 6.45) is 3.53. The van der Waals surface area contributed by atoms with E-state index in [9.17, 15) is 9.59 Å². The molecular formula is C18H19NO4. The van der Waals surface area contributed by atoms with E-state index in [4.69, 9.17) is 9.47 Å². The number of carbonyl (C=O) groups is 2. The van der Waals surface area contributed by atoms with Crippen molar-refractivity contribution in [3.05, 3.63) is 41.6 Å². The number of hydrogen-bond acceptors (Lipinski definition) is 4. The highest BCUT2D eigenvalue weighted by Gasteiger charge is 2.38. The van der Waals surface area contributed by atoms with Gasteiger partial charge in [-0.15, -0.1) is 0 Å². The van der Waals surface area contributed by atoms with Gasteiger partial charge in [0.05, 0.1) is 0 Å². The normalized spacial score (nSPS) is 17.3. The molecule has 0 unspecified atom stereocenters. The summed E-state index contributed by atoms with van der Waals surface area (Å²) >= 11 is 0. The summed E-state index contributed by atoms with van der Waals surface area (Å²) in [6.45, 7) is 7.29. The van der Waals surface area contributed by atoms with Crippen molar-refractivity contribution < 1.29 is 19.1 Å². The summed E-state index contributed by atoms with van der Waals surface area (Å²) in [4.78, 5) is 24.0. The van der Waals surface area contributed by atoms with Crippen LogP contribution in [0.5, 0.6) is 0 Å². The lowest BCUT2D eigenvalue weighted by molar-refractivity contribution is -0.222. The predicted molar refractivity (Wildman–Crippen MR) is 86.6 cm³/mol. The molecule has 0 aliphatic carbocycles. The molecule has 0 N–H and O–H groups in total. The van der Waals surface area contributed by atoms with Crippen LogP contribution in [0.15, 0.2) is 36.0 Å². The maximum absolute atomic E-state index is 12.0. The third-order valence-electron chi connectivity index (χ3n) is 3.73. The maximum Gasteiger partial charge on any atom is 0.348 e. The Labute approximate surface area is 134 Å². The van der Waals surface area contributed by atoms with Crippen LogP contribution in [0.1, 0.15) is 39.3 Å². The van der Waals surface area contributed by atoms with Crippen molar-refractivity contribution in [2.24, 2.45) is 0 Å². The highest BCUT2D eigenvalue weighted by molar-refractivity contribution is 6.19. The summed E-state index contributed by atoms with van der Waals surface area (Å²) < 4.78 is 12.4.